The summed E-state index contributed by atoms with van der Waals surface area (Å²) in [5.74, 6) is -2.57. The predicted molar refractivity (Wildman–Crippen MR) is 153 cm³/mol. The van der Waals surface area contributed by atoms with Crippen molar-refractivity contribution in [3.63, 3.8) is 0 Å². The van der Waals surface area contributed by atoms with Crippen molar-refractivity contribution >= 4 is 58.2 Å². The molecule has 40 heavy (non-hydrogen) atoms. The van der Waals surface area contributed by atoms with E-state index in [-0.39, 0.29) is 22.0 Å². The summed E-state index contributed by atoms with van der Waals surface area (Å²) >= 11 is 12.2. The van der Waals surface area contributed by atoms with Gasteiger partial charge in [-0.3, -0.25) is 9.59 Å². The Labute approximate surface area is 240 Å². The number of hydrogen-bond donors (Lipinski definition) is 3. The first-order chi connectivity index (χ1) is 19.2. The maximum atomic E-state index is 13.3. The monoisotopic (exact) mass is 580 g/mol. The van der Waals surface area contributed by atoms with Crippen LogP contribution >= 0.6 is 23.2 Å². The molecule has 1 aliphatic carbocycles. The average Bonchev–Trinajstić information content (AvgIpc) is 2.92. The zero-order chi connectivity index (χ0) is 28.8. The number of carboxylic acid groups (broad SMARTS) is 1. The molecule has 10 heteroatoms. The number of carboxylic acids is 1. The van der Waals surface area contributed by atoms with Gasteiger partial charge in [-0.1, -0.05) is 53.5 Å². The Kier molecular flexibility index (Phi) is 9.24. The number of carbonyl (C=O) groups is 4. The summed E-state index contributed by atoms with van der Waals surface area (Å²) in [6.45, 7) is 0. The molecule has 0 heterocycles. The maximum absolute atomic E-state index is 13.3. The number of esters is 1. The van der Waals surface area contributed by atoms with Gasteiger partial charge in [0.2, 0.25) is 0 Å². The van der Waals surface area contributed by atoms with Gasteiger partial charge >= 0.3 is 11.9 Å². The third-order valence-corrected chi connectivity index (χ3v) is 7.20. The second-order valence-electron chi connectivity index (χ2n) is 9.19. The van der Waals surface area contributed by atoms with Crippen LogP contribution in [0, 0.1) is 0 Å². The molecule has 1 aliphatic rings. The van der Waals surface area contributed by atoms with E-state index in [0.717, 1.165) is 11.1 Å². The summed E-state index contributed by atoms with van der Waals surface area (Å²) in [5, 5.41) is 15.2. The van der Waals surface area contributed by atoms with Crippen LogP contribution in [0.15, 0.2) is 66.7 Å². The van der Waals surface area contributed by atoms with Crippen LogP contribution < -0.4 is 10.6 Å². The number of methoxy groups -OCH3 is 1. The van der Waals surface area contributed by atoms with Crippen molar-refractivity contribution in [3.8, 4) is 0 Å². The second kappa shape index (κ2) is 12.8. The van der Waals surface area contributed by atoms with E-state index in [2.05, 4.69) is 10.6 Å². The Hall–Kier alpha value is -4.14. The minimum absolute atomic E-state index is 0.141. The highest BCUT2D eigenvalue weighted by atomic mass is 35.5. The zero-order valence-corrected chi connectivity index (χ0v) is 23.0. The Balaban J connectivity index is 1.49. The molecule has 0 saturated heterocycles. The van der Waals surface area contributed by atoms with Gasteiger partial charge in [-0.05, 0) is 71.9 Å². The van der Waals surface area contributed by atoms with Crippen molar-refractivity contribution in [2.45, 2.75) is 31.7 Å². The summed E-state index contributed by atoms with van der Waals surface area (Å²) in [7, 11) is 1.24. The van der Waals surface area contributed by atoms with Crippen molar-refractivity contribution in [3.05, 3.63) is 105 Å². The number of ether oxygens (including phenoxy) is 1. The highest BCUT2D eigenvalue weighted by molar-refractivity contribution is 6.40. The smallest absolute Gasteiger partial charge is 0.328 e. The summed E-state index contributed by atoms with van der Waals surface area (Å²) in [5.41, 5.74) is 3.90. The van der Waals surface area contributed by atoms with Crippen LogP contribution in [0.5, 0.6) is 0 Å². The van der Waals surface area contributed by atoms with Crippen molar-refractivity contribution in [2.75, 3.05) is 12.4 Å². The van der Waals surface area contributed by atoms with E-state index in [9.17, 15) is 24.3 Å². The molecule has 3 N–H and O–H groups in total. The van der Waals surface area contributed by atoms with Crippen LogP contribution in [0.2, 0.25) is 10.0 Å². The molecule has 0 radical (unpaired) electrons. The number of nitrogens with one attached hydrogen (secondary N) is 2. The standard InChI is InChI=1S/C30H26Cl2N2O6/c1-40-30(39)25(34-28(37)22-8-3-6-20-18(16-26(35)36)5-2-7-21(20)22)15-17-11-13-19(14-12-17)33-29(38)27-23(31)9-4-10-24(27)32/h3-4,6,8-14,16,25H,2,5,7,15H2,1H3,(H,33,38)(H,34,37)(H,35,36)/b18-16+/t25-/m0/s1. The molecule has 8 nitrogen and oxygen atoms in total. The molecule has 206 valence electrons. The fourth-order valence-corrected chi connectivity index (χ4v) is 5.27. The molecule has 0 fully saturated rings. The minimum Gasteiger partial charge on any atom is -0.478 e. The van der Waals surface area contributed by atoms with Gasteiger partial charge in [0.15, 0.2) is 0 Å². The third kappa shape index (κ3) is 6.70. The van der Waals surface area contributed by atoms with Gasteiger partial charge in [-0.15, -0.1) is 0 Å². The van der Waals surface area contributed by atoms with Crippen molar-refractivity contribution in [1.82, 2.24) is 5.32 Å². The number of rotatable bonds is 8. The summed E-state index contributed by atoms with van der Waals surface area (Å²) in [6.07, 6.45) is 3.25. The van der Waals surface area contributed by atoms with Gasteiger partial charge in [0, 0.05) is 23.7 Å². The highest BCUT2D eigenvalue weighted by Crippen LogP contribution is 2.33. The molecule has 0 aromatic heterocycles. The molecular weight excluding hydrogens is 555 g/mol. The number of benzene rings is 3. The molecule has 0 saturated carbocycles. The van der Waals surface area contributed by atoms with Crippen LogP contribution in [0.4, 0.5) is 5.69 Å². The Bertz CT molecular complexity index is 1480. The van der Waals surface area contributed by atoms with Crippen LogP contribution in [-0.2, 0) is 27.2 Å². The van der Waals surface area contributed by atoms with Crippen LogP contribution in [0.25, 0.3) is 5.57 Å². The van der Waals surface area contributed by atoms with Gasteiger partial charge in [0.05, 0.1) is 22.7 Å². The quantitative estimate of drug-likeness (QED) is 0.237. The molecule has 4 rings (SSSR count). The van der Waals surface area contributed by atoms with E-state index >= 15 is 0 Å². The molecule has 0 aliphatic heterocycles. The normalized spacial score (nSPS) is 14.1. The number of hydrogen-bond acceptors (Lipinski definition) is 5. The van der Waals surface area contributed by atoms with Crippen molar-refractivity contribution in [1.29, 1.82) is 0 Å². The SMILES string of the molecule is COC(=O)[C@H](Cc1ccc(NC(=O)c2c(Cl)cccc2Cl)cc1)NC(=O)c1cccc2c1CCC/C2=C\C(=O)O. The Morgan fingerprint density at radius 1 is 0.950 bits per heavy atom. The first kappa shape index (κ1) is 28.9. The predicted octanol–water partition coefficient (Wildman–Crippen LogP) is 5.56. The minimum atomic E-state index is -1.04. The van der Waals surface area contributed by atoms with Gasteiger partial charge in [0.25, 0.3) is 11.8 Å². The topological polar surface area (TPSA) is 122 Å². The van der Waals surface area contributed by atoms with E-state index < -0.39 is 29.8 Å². The third-order valence-electron chi connectivity index (χ3n) is 6.57. The molecular formula is C30H26Cl2N2O6. The molecule has 0 unspecified atom stereocenters. The lowest BCUT2D eigenvalue weighted by atomic mass is 9.84. The lowest BCUT2D eigenvalue weighted by Crippen LogP contribution is -2.43. The number of allylic oxidation sites excluding steroid dienone is 1. The Morgan fingerprint density at radius 3 is 2.27 bits per heavy atom. The molecule has 2 amide bonds. The fourth-order valence-electron chi connectivity index (χ4n) is 4.70. The molecule has 0 spiro atoms. The second-order valence-corrected chi connectivity index (χ2v) is 10.0. The number of carbonyl (C=O) groups excluding carboxylic acids is 3. The number of aliphatic carboxylic acids is 1. The molecule has 3 aromatic carbocycles. The Morgan fingerprint density at radius 2 is 1.62 bits per heavy atom. The molecule has 3 aromatic rings. The van der Waals surface area contributed by atoms with Crippen LogP contribution in [0.3, 0.4) is 0 Å². The van der Waals surface area contributed by atoms with Crippen molar-refractivity contribution in [2.24, 2.45) is 0 Å². The summed E-state index contributed by atoms with van der Waals surface area (Å²) in [4.78, 5) is 49.8. The van der Waals surface area contributed by atoms with E-state index in [1.54, 1.807) is 60.7 Å². The average molecular weight is 581 g/mol. The maximum Gasteiger partial charge on any atom is 0.328 e. The van der Waals surface area contributed by atoms with Gasteiger partial charge in [0.1, 0.15) is 6.04 Å². The number of halogens is 2. The van der Waals surface area contributed by atoms with E-state index in [0.29, 0.717) is 41.6 Å². The lowest BCUT2D eigenvalue weighted by molar-refractivity contribution is -0.142. The van der Waals surface area contributed by atoms with Gasteiger partial charge < -0.3 is 20.5 Å². The highest BCUT2D eigenvalue weighted by Gasteiger charge is 2.26. The fraction of sp³-hybridized carbons (Fsp3) is 0.200. The van der Waals surface area contributed by atoms with E-state index in [4.69, 9.17) is 27.9 Å². The lowest BCUT2D eigenvalue weighted by Gasteiger charge is -2.23. The van der Waals surface area contributed by atoms with Gasteiger partial charge in [-0.25, -0.2) is 9.59 Å². The number of anilines is 1. The number of amides is 2. The summed E-state index contributed by atoms with van der Waals surface area (Å²) in [6, 6.07) is 15.8. The first-order valence-electron chi connectivity index (χ1n) is 12.5. The van der Waals surface area contributed by atoms with Gasteiger partial charge in [-0.2, -0.15) is 0 Å². The molecule has 0 bridgehead atoms. The molecule has 1 atom stereocenters. The van der Waals surface area contributed by atoms with E-state index in [1.807, 2.05) is 0 Å². The van der Waals surface area contributed by atoms with Crippen molar-refractivity contribution < 1.29 is 29.0 Å². The van der Waals surface area contributed by atoms with E-state index in [1.165, 1.54) is 13.2 Å². The van der Waals surface area contributed by atoms with Crippen LogP contribution in [-0.4, -0.2) is 42.0 Å². The largest absolute Gasteiger partial charge is 0.478 e. The van der Waals surface area contributed by atoms with Crippen LogP contribution in [0.1, 0.15) is 50.2 Å². The first-order valence-corrected chi connectivity index (χ1v) is 13.2. The number of fused-ring (bicyclic) bond motifs is 1. The zero-order valence-electron chi connectivity index (χ0n) is 21.5. The summed E-state index contributed by atoms with van der Waals surface area (Å²) < 4.78 is 4.93.